The molecule has 0 aliphatic rings. The Hall–Kier alpha value is -0.870. The standard InChI is InChI=1S/C12H20N2OS/c1-4-9(8(2)3)14-12(15)11(13)10-6-5-7-16-10/h5-9,11H,4,13H2,1-3H3,(H,14,15). The van der Waals surface area contributed by atoms with Gasteiger partial charge in [0.05, 0.1) is 0 Å². The molecule has 3 N–H and O–H groups in total. The van der Waals surface area contributed by atoms with Crippen LogP contribution < -0.4 is 11.1 Å². The van der Waals surface area contributed by atoms with Crippen molar-refractivity contribution in [1.29, 1.82) is 0 Å². The minimum absolute atomic E-state index is 0.0806. The topological polar surface area (TPSA) is 55.1 Å². The first-order valence-electron chi connectivity index (χ1n) is 5.65. The van der Waals surface area contributed by atoms with E-state index in [1.54, 1.807) is 0 Å². The predicted octanol–water partition coefficient (Wildman–Crippen LogP) is 2.30. The van der Waals surface area contributed by atoms with E-state index in [1.165, 1.54) is 11.3 Å². The van der Waals surface area contributed by atoms with Crippen LogP contribution in [0.15, 0.2) is 17.5 Å². The van der Waals surface area contributed by atoms with Crippen LogP contribution in [0.25, 0.3) is 0 Å². The van der Waals surface area contributed by atoms with Crippen molar-refractivity contribution in [2.75, 3.05) is 0 Å². The van der Waals surface area contributed by atoms with Crippen LogP contribution in [-0.2, 0) is 4.79 Å². The number of thiophene rings is 1. The molecule has 1 amide bonds. The molecule has 0 saturated heterocycles. The fourth-order valence-corrected chi connectivity index (χ4v) is 2.34. The smallest absolute Gasteiger partial charge is 0.242 e. The van der Waals surface area contributed by atoms with Gasteiger partial charge in [0.25, 0.3) is 0 Å². The quantitative estimate of drug-likeness (QED) is 0.829. The van der Waals surface area contributed by atoms with Crippen LogP contribution >= 0.6 is 11.3 Å². The van der Waals surface area contributed by atoms with Crippen molar-refractivity contribution in [2.45, 2.75) is 39.3 Å². The molecule has 16 heavy (non-hydrogen) atoms. The highest BCUT2D eigenvalue weighted by Crippen LogP contribution is 2.17. The third kappa shape index (κ3) is 3.32. The molecule has 1 heterocycles. The summed E-state index contributed by atoms with van der Waals surface area (Å²) < 4.78 is 0. The number of hydrogen-bond donors (Lipinski definition) is 2. The first-order chi connectivity index (χ1) is 7.56. The molecule has 0 aliphatic heterocycles. The number of carbonyl (C=O) groups excluding carboxylic acids is 1. The van der Waals surface area contributed by atoms with Crippen LogP contribution in [0.4, 0.5) is 0 Å². The molecular weight excluding hydrogens is 220 g/mol. The largest absolute Gasteiger partial charge is 0.351 e. The van der Waals surface area contributed by atoms with Crippen molar-refractivity contribution >= 4 is 17.2 Å². The molecule has 4 heteroatoms. The summed E-state index contributed by atoms with van der Waals surface area (Å²) in [5.74, 6) is 0.354. The van der Waals surface area contributed by atoms with Gasteiger partial charge in [0.1, 0.15) is 6.04 Å². The molecule has 1 rings (SSSR count). The number of amides is 1. The van der Waals surface area contributed by atoms with Gasteiger partial charge in [-0.2, -0.15) is 0 Å². The maximum atomic E-state index is 11.9. The lowest BCUT2D eigenvalue weighted by molar-refractivity contribution is -0.123. The van der Waals surface area contributed by atoms with Gasteiger partial charge in [0.2, 0.25) is 5.91 Å². The molecule has 0 bridgehead atoms. The number of carbonyl (C=O) groups is 1. The van der Waals surface area contributed by atoms with Crippen molar-refractivity contribution in [3.8, 4) is 0 Å². The van der Waals surface area contributed by atoms with E-state index in [4.69, 9.17) is 5.73 Å². The first kappa shape index (κ1) is 13.2. The van der Waals surface area contributed by atoms with E-state index in [-0.39, 0.29) is 11.9 Å². The van der Waals surface area contributed by atoms with Crippen molar-refractivity contribution in [3.05, 3.63) is 22.4 Å². The fourth-order valence-electron chi connectivity index (χ4n) is 1.61. The van der Waals surface area contributed by atoms with Crippen molar-refractivity contribution in [1.82, 2.24) is 5.32 Å². The molecule has 1 aromatic rings. The Kier molecular flexibility index (Phi) is 4.96. The minimum Gasteiger partial charge on any atom is -0.351 e. The zero-order valence-corrected chi connectivity index (χ0v) is 10.9. The molecule has 0 aliphatic carbocycles. The summed E-state index contributed by atoms with van der Waals surface area (Å²) in [6.45, 7) is 6.28. The van der Waals surface area contributed by atoms with Gasteiger partial charge in [-0.3, -0.25) is 4.79 Å². The summed E-state index contributed by atoms with van der Waals surface area (Å²) in [5, 5.41) is 4.93. The first-order valence-corrected chi connectivity index (χ1v) is 6.53. The van der Waals surface area contributed by atoms with Crippen LogP contribution in [0.1, 0.15) is 38.1 Å². The Labute approximate surface area is 101 Å². The lowest BCUT2D eigenvalue weighted by Crippen LogP contribution is -2.42. The molecule has 2 unspecified atom stereocenters. The van der Waals surface area contributed by atoms with Gasteiger partial charge in [0.15, 0.2) is 0 Å². The lowest BCUT2D eigenvalue weighted by Gasteiger charge is -2.22. The monoisotopic (exact) mass is 240 g/mol. The normalized spacial score (nSPS) is 14.8. The van der Waals surface area contributed by atoms with Crippen LogP contribution in [0.2, 0.25) is 0 Å². The number of nitrogens with two attached hydrogens (primary N) is 1. The van der Waals surface area contributed by atoms with Crippen LogP contribution in [0.3, 0.4) is 0 Å². The van der Waals surface area contributed by atoms with Crippen molar-refractivity contribution in [3.63, 3.8) is 0 Å². The maximum Gasteiger partial charge on any atom is 0.242 e. The Morgan fingerprint density at radius 1 is 1.56 bits per heavy atom. The highest BCUT2D eigenvalue weighted by atomic mass is 32.1. The van der Waals surface area contributed by atoms with Crippen LogP contribution in [0.5, 0.6) is 0 Å². The van der Waals surface area contributed by atoms with E-state index in [1.807, 2.05) is 17.5 Å². The summed E-state index contributed by atoms with van der Waals surface area (Å²) in [6, 6.07) is 3.48. The Morgan fingerprint density at radius 2 is 2.25 bits per heavy atom. The van der Waals surface area contributed by atoms with Crippen molar-refractivity contribution < 1.29 is 4.79 Å². The minimum atomic E-state index is -0.534. The third-order valence-corrected chi connectivity index (χ3v) is 3.66. The lowest BCUT2D eigenvalue weighted by atomic mass is 10.0. The highest BCUT2D eigenvalue weighted by molar-refractivity contribution is 7.10. The molecule has 1 aromatic heterocycles. The fraction of sp³-hybridized carbons (Fsp3) is 0.583. The maximum absolute atomic E-state index is 11.9. The average Bonchev–Trinajstić information content (AvgIpc) is 2.77. The zero-order valence-electron chi connectivity index (χ0n) is 10.1. The Morgan fingerprint density at radius 3 is 2.69 bits per heavy atom. The molecule has 0 radical (unpaired) electrons. The number of hydrogen-bond acceptors (Lipinski definition) is 3. The second kappa shape index (κ2) is 6.01. The Bertz CT molecular complexity index is 322. The molecular formula is C12H20N2OS. The van der Waals surface area contributed by atoms with Crippen LogP contribution in [0, 0.1) is 5.92 Å². The summed E-state index contributed by atoms with van der Waals surface area (Å²) in [4.78, 5) is 12.8. The summed E-state index contributed by atoms with van der Waals surface area (Å²) >= 11 is 1.52. The molecule has 2 atom stereocenters. The summed E-state index contributed by atoms with van der Waals surface area (Å²) in [6.07, 6.45) is 0.931. The number of nitrogens with one attached hydrogen (secondary N) is 1. The van der Waals surface area contributed by atoms with Gasteiger partial charge in [0, 0.05) is 10.9 Å². The summed E-state index contributed by atoms with van der Waals surface area (Å²) in [5.41, 5.74) is 5.88. The van der Waals surface area contributed by atoms with Gasteiger partial charge in [-0.25, -0.2) is 0 Å². The average molecular weight is 240 g/mol. The molecule has 0 spiro atoms. The molecule has 0 fully saturated rings. The van der Waals surface area contributed by atoms with E-state index in [9.17, 15) is 4.79 Å². The number of rotatable bonds is 5. The van der Waals surface area contributed by atoms with Gasteiger partial charge < -0.3 is 11.1 Å². The SMILES string of the molecule is CCC(NC(=O)C(N)c1cccs1)C(C)C. The zero-order chi connectivity index (χ0) is 12.1. The molecule has 0 aromatic carbocycles. The highest BCUT2D eigenvalue weighted by Gasteiger charge is 2.20. The molecule has 90 valence electrons. The van der Waals surface area contributed by atoms with Crippen molar-refractivity contribution in [2.24, 2.45) is 11.7 Å². The predicted molar refractivity (Wildman–Crippen MR) is 68.3 cm³/mol. The second-order valence-electron chi connectivity index (χ2n) is 4.26. The Balaban J connectivity index is 2.58. The van der Waals surface area contributed by atoms with Crippen LogP contribution in [-0.4, -0.2) is 11.9 Å². The van der Waals surface area contributed by atoms with Gasteiger partial charge in [-0.05, 0) is 23.8 Å². The van der Waals surface area contributed by atoms with E-state index in [0.29, 0.717) is 5.92 Å². The van der Waals surface area contributed by atoms with E-state index >= 15 is 0 Å². The third-order valence-electron chi connectivity index (χ3n) is 2.70. The van der Waals surface area contributed by atoms with E-state index in [2.05, 4.69) is 26.1 Å². The van der Waals surface area contributed by atoms with Gasteiger partial charge in [-0.1, -0.05) is 26.8 Å². The molecule has 0 saturated carbocycles. The molecule has 3 nitrogen and oxygen atoms in total. The van der Waals surface area contributed by atoms with Gasteiger partial charge >= 0.3 is 0 Å². The summed E-state index contributed by atoms with van der Waals surface area (Å²) in [7, 11) is 0. The second-order valence-corrected chi connectivity index (χ2v) is 5.24. The van der Waals surface area contributed by atoms with E-state index in [0.717, 1.165) is 11.3 Å². The van der Waals surface area contributed by atoms with E-state index < -0.39 is 6.04 Å². The van der Waals surface area contributed by atoms with Gasteiger partial charge in [-0.15, -0.1) is 11.3 Å².